The van der Waals surface area contributed by atoms with E-state index >= 15 is 0 Å². The van der Waals surface area contributed by atoms with Gasteiger partial charge in [0.2, 0.25) is 5.91 Å². The van der Waals surface area contributed by atoms with E-state index in [1.54, 1.807) is 4.90 Å². The first-order valence-electron chi connectivity index (χ1n) is 5.32. The van der Waals surface area contributed by atoms with Crippen LogP contribution in [0.3, 0.4) is 0 Å². The van der Waals surface area contributed by atoms with Crippen LogP contribution in [-0.2, 0) is 4.79 Å². The topological polar surface area (TPSA) is 43.8 Å². The zero-order valence-corrected chi connectivity index (χ0v) is 8.65. The molecule has 80 valence electrons. The van der Waals surface area contributed by atoms with Crippen LogP contribution in [0.25, 0.3) is 0 Å². The molecule has 0 aromatic rings. The van der Waals surface area contributed by atoms with Gasteiger partial charge in [0.25, 0.3) is 0 Å². The van der Waals surface area contributed by atoms with Crippen molar-refractivity contribution < 1.29 is 9.90 Å². The number of rotatable bonds is 1. The lowest BCUT2D eigenvalue weighted by atomic mass is 9.95. The first kappa shape index (κ1) is 9.93. The number of carbonyl (C=O) groups excluding carboxylic acids is 1. The third kappa shape index (κ3) is 1.91. The van der Waals surface area contributed by atoms with Crippen LogP contribution in [0.4, 0.5) is 0 Å². The molecule has 0 spiro atoms. The molecule has 4 nitrogen and oxygen atoms in total. The average Bonchev–Trinajstić information content (AvgIpc) is 2.12. The fourth-order valence-corrected chi connectivity index (χ4v) is 2.26. The normalized spacial score (nSPS) is 30.1. The monoisotopic (exact) mass is 198 g/mol. The summed E-state index contributed by atoms with van der Waals surface area (Å²) in [6, 6.07) is 0. The molecule has 2 aliphatic rings. The van der Waals surface area contributed by atoms with Gasteiger partial charge in [-0.15, -0.1) is 0 Å². The molecule has 0 bridgehead atoms. The molecule has 0 saturated carbocycles. The SMILES string of the molecule is CN1CCC[C@H](C(=O)N2CC(O)C2)C1. The molecule has 0 aliphatic carbocycles. The Morgan fingerprint density at radius 1 is 1.36 bits per heavy atom. The van der Waals surface area contributed by atoms with Gasteiger partial charge >= 0.3 is 0 Å². The van der Waals surface area contributed by atoms with Gasteiger partial charge in [-0.2, -0.15) is 0 Å². The third-order valence-corrected chi connectivity index (χ3v) is 3.15. The second-order valence-electron chi connectivity index (χ2n) is 4.50. The quantitative estimate of drug-likeness (QED) is 0.619. The Hall–Kier alpha value is -0.610. The predicted molar refractivity (Wildman–Crippen MR) is 52.8 cm³/mol. The number of piperidine rings is 1. The predicted octanol–water partition coefficient (Wildman–Crippen LogP) is -0.469. The number of amides is 1. The molecule has 1 amide bonds. The van der Waals surface area contributed by atoms with E-state index in [0.717, 1.165) is 25.9 Å². The van der Waals surface area contributed by atoms with Crippen LogP contribution in [0, 0.1) is 5.92 Å². The summed E-state index contributed by atoms with van der Waals surface area (Å²) in [5.41, 5.74) is 0. The highest BCUT2D eigenvalue weighted by molar-refractivity contribution is 5.80. The largest absolute Gasteiger partial charge is 0.389 e. The average molecular weight is 198 g/mol. The number of nitrogens with zero attached hydrogens (tertiary/aromatic N) is 2. The summed E-state index contributed by atoms with van der Waals surface area (Å²) in [5.74, 6) is 0.406. The molecule has 2 heterocycles. The molecule has 4 heteroatoms. The van der Waals surface area contributed by atoms with Crippen molar-refractivity contribution in [3.8, 4) is 0 Å². The Kier molecular flexibility index (Phi) is 2.74. The molecule has 2 aliphatic heterocycles. The summed E-state index contributed by atoms with van der Waals surface area (Å²) in [6.07, 6.45) is 1.85. The lowest BCUT2D eigenvalue weighted by molar-refractivity contribution is -0.147. The first-order valence-corrected chi connectivity index (χ1v) is 5.32. The standard InChI is InChI=1S/C10H18N2O2/c1-11-4-2-3-8(5-11)10(14)12-6-9(13)7-12/h8-9,13H,2-7H2,1H3/t8-/m0/s1. The number of aliphatic hydroxyl groups excluding tert-OH is 1. The summed E-state index contributed by atoms with van der Waals surface area (Å²) in [7, 11) is 2.06. The maximum absolute atomic E-state index is 11.9. The molecule has 0 unspecified atom stereocenters. The molecule has 0 aromatic heterocycles. The first-order chi connectivity index (χ1) is 6.66. The van der Waals surface area contributed by atoms with Crippen LogP contribution in [0.5, 0.6) is 0 Å². The zero-order valence-electron chi connectivity index (χ0n) is 8.65. The van der Waals surface area contributed by atoms with Crippen LogP contribution in [-0.4, -0.2) is 60.1 Å². The minimum Gasteiger partial charge on any atom is -0.389 e. The highest BCUT2D eigenvalue weighted by Gasteiger charge is 2.34. The van der Waals surface area contributed by atoms with Crippen LogP contribution in [0.15, 0.2) is 0 Å². The molecule has 2 fully saturated rings. The minimum atomic E-state index is -0.278. The molecular weight excluding hydrogens is 180 g/mol. The Bertz CT molecular complexity index is 226. The van der Waals surface area contributed by atoms with E-state index in [2.05, 4.69) is 11.9 Å². The maximum atomic E-state index is 11.9. The van der Waals surface area contributed by atoms with Gasteiger partial charge in [0, 0.05) is 19.6 Å². The van der Waals surface area contributed by atoms with E-state index in [4.69, 9.17) is 5.11 Å². The summed E-state index contributed by atoms with van der Waals surface area (Å²) in [4.78, 5) is 15.8. The van der Waals surface area contributed by atoms with Gasteiger partial charge in [0.15, 0.2) is 0 Å². The van der Waals surface area contributed by atoms with Gasteiger partial charge in [0.1, 0.15) is 0 Å². The van der Waals surface area contributed by atoms with Crippen molar-refractivity contribution in [1.82, 2.24) is 9.80 Å². The van der Waals surface area contributed by atoms with Crippen molar-refractivity contribution in [3.63, 3.8) is 0 Å². The number of β-amino-alcohol motifs (C(OH)–C–C–N with tert-alkyl or cyclic N) is 1. The molecule has 2 saturated heterocycles. The smallest absolute Gasteiger partial charge is 0.227 e. The number of hydrogen-bond donors (Lipinski definition) is 1. The van der Waals surface area contributed by atoms with Crippen molar-refractivity contribution in [3.05, 3.63) is 0 Å². The summed E-state index contributed by atoms with van der Waals surface area (Å²) in [6.45, 7) is 3.07. The van der Waals surface area contributed by atoms with E-state index in [-0.39, 0.29) is 17.9 Å². The summed E-state index contributed by atoms with van der Waals surface area (Å²) < 4.78 is 0. The van der Waals surface area contributed by atoms with Crippen LogP contribution >= 0.6 is 0 Å². The maximum Gasteiger partial charge on any atom is 0.227 e. The fraction of sp³-hybridized carbons (Fsp3) is 0.900. The van der Waals surface area contributed by atoms with E-state index in [0.29, 0.717) is 13.1 Å². The van der Waals surface area contributed by atoms with Crippen LogP contribution in [0.1, 0.15) is 12.8 Å². The van der Waals surface area contributed by atoms with Crippen molar-refractivity contribution >= 4 is 5.91 Å². The van der Waals surface area contributed by atoms with Crippen molar-refractivity contribution in [2.75, 3.05) is 33.2 Å². The van der Waals surface area contributed by atoms with Gasteiger partial charge in [0.05, 0.1) is 12.0 Å². The van der Waals surface area contributed by atoms with E-state index < -0.39 is 0 Å². The molecular formula is C10H18N2O2. The van der Waals surface area contributed by atoms with Gasteiger partial charge in [-0.3, -0.25) is 4.79 Å². The molecule has 2 rings (SSSR count). The van der Waals surface area contributed by atoms with E-state index in [9.17, 15) is 4.79 Å². The number of hydrogen-bond acceptors (Lipinski definition) is 3. The molecule has 1 atom stereocenters. The van der Waals surface area contributed by atoms with Gasteiger partial charge in [-0.05, 0) is 26.4 Å². The van der Waals surface area contributed by atoms with Crippen molar-refractivity contribution in [1.29, 1.82) is 0 Å². The van der Waals surface area contributed by atoms with Crippen LogP contribution in [0.2, 0.25) is 0 Å². The lowest BCUT2D eigenvalue weighted by Crippen LogP contribution is -2.56. The zero-order chi connectivity index (χ0) is 10.1. The van der Waals surface area contributed by atoms with Gasteiger partial charge in [-0.25, -0.2) is 0 Å². The van der Waals surface area contributed by atoms with Gasteiger partial charge < -0.3 is 14.9 Å². The number of likely N-dealkylation sites (tertiary alicyclic amines) is 2. The van der Waals surface area contributed by atoms with Crippen molar-refractivity contribution in [2.45, 2.75) is 18.9 Å². The molecule has 0 aromatic carbocycles. The highest BCUT2D eigenvalue weighted by Crippen LogP contribution is 2.20. The highest BCUT2D eigenvalue weighted by atomic mass is 16.3. The number of carbonyl (C=O) groups is 1. The van der Waals surface area contributed by atoms with Crippen molar-refractivity contribution in [2.24, 2.45) is 5.92 Å². The molecule has 1 N–H and O–H groups in total. The lowest BCUT2D eigenvalue weighted by Gasteiger charge is -2.40. The fourth-order valence-electron chi connectivity index (χ4n) is 2.26. The second-order valence-corrected chi connectivity index (χ2v) is 4.50. The Morgan fingerprint density at radius 2 is 2.07 bits per heavy atom. The summed E-state index contributed by atoms with van der Waals surface area (Å²) in [5, 5.41) is 9.11. The van der Waals surface area contributed by atoms with Gasteiger partial charge in [-0.1, -0.05) is 0 Å². The third-order valence-electron chi connectivity index (χ3n) is 3.15. The number of aliphatic hydroxyl groups is 1. The molecule has 0 radical (unpaired) electrons. The summed E-state index contributed by atoms with van der Waals surface area (Å²) >= 11 is 0. The second kappa shape index (κ2) is 3.87. The Labute approximate surface area is 84.5 Å². The molecule has 14 heavy (non-hydrogen) atoms. The van der Waals surface area contributed by atoms with E-state index in [1.165, 1.54) is 0 Å². The Morgan fingerprint density at radius 3 is 2.64 bits per heavy atom. The van der Waals surface area contributed by atoms with Crippen LogP contribution < -0.4 is 0 Å². The van der Waals surface area contributed by atoms with E-state index in [1.807, 2.05) is 0 Å². The Balaban J connectivity index is 1.85. The minimum absolute atomic E-state index is 0.168.